The number of nitrogens with one attached hydrogen (secondary N) is 1. The van der Waals surface area contributed by atoms with Crippen molar-refractivity contribution in [3.63, 3.8) is 0 Å². The van der Waals surface area contributed by atoms with Gasteiger partial charge in [0.15, 0.2) is 0 Å². The third kappa shape index (κ3) is 2.66. The topological polar surface area (TPSA) is 103 Å². The predicted molar refractivity (Wildman–Crippen MR) is 55.3 cm³/mol. The highest BCUT2D eigenvalue weighted by molar-refractivity contribution is 6.51. The Morgan fingerprint density at radius 3 is 2.73 bits per heavy atom. The summed E-state index contributed by atoms with van der Waals surface area (Å²) in [5.41, 5.74) is 0.513. The molecule has 0 aliphatic carbocycles. The molecule has 0 fully saturated rings. The fourth-order valence-corrected chi connectivity index (χ4v) is 2.42. The molecule has 3 N–H and O–H groups in total. The summed E-state index contributed by atoms with van der Waals surface area (Å²) >= 11 is 0. The van der Waals surface area contributed by atoms with Gasteiger partial charge in [-0.25, -0.2) is 0 Å². The number of nitrogens with zero attached hydrogens (tertiary/aromatic N) is 1. The Bertz CT molecular complexity index is 376. The first-order valence-corrected chi connectivity index (χ1v) is 6.65. The number of hydrogen-bond donors (Lipinski definition) is 3. The number of aliphatic carboxylic acids is 2. The Morgan fingerprint density at radius 2 is 2.27 bits per heavy atom. The molecule has 0 bridgehead atoms. The number of carboxylic acid groups (broad SMARTS) is 2. The van der Waals surface area contributed by atoms with Crippen LogP contribution in [0.4, 0.5) is 0 Å². The quantitative estimate of drug-likeness (QED) is 0.555. The van der Waals surface area contributed by atoms with Crippen molar-refractivity contribution >= 4 is 26.8 Å². The highest BCUT2D eigenvalue weighted by Gasteiger charge is 2.26. The zero-order valence-corrected chi connectivity index (χ0v) is 9.64. The molecule has 82 valence electrons. The van der Waals surface area contributed by atoms with Gasteiger partial charge < -0.3 is 10.2 Å². The number of carboxylic acids is 2. The lowest BCUT2D eigenvalue weighted by molar-refractivity contribution is -0.145. The van der Waals surface area contributed by atoms with Crippen molar-refractivity contribution in [2.24, 2.45) is 0 Å². The molecule has 0 saturated heterocycles. The molecular formula is C8H12N2O4Si. The molecule has 1 rings (SSSR count). The molecule has 1 heterocycles. The van der Waals surface area contributed by atoms with Gasteiger partial charge in [-0.3, -0.25) is 14.7 Å². The van der Waals surface area contributed by atoms with E-state index in [-0.39, 0.29) is 0 Å². The van der Waals surface area contributed by atoms with E-state index < -0.39 is 33.8 Å². The first kappa shape index (κ1) is 11.4. The summed E-state index contributed by atoms with van der Waals surface area (Å²) in [4.78, 5) is 21.4. The van der Waals surface area contributed by atoms with Crippen LogP contribution < -0.4 is 5.32 Å². The van der Waals surface area contributed by atoms with Crippen LogP contribution in [-0.4, -0.2) is 41.9 Å². The molecule has 7 heteroatoms. The van der Waals surface area contributed by atoms with Gasteiger partial charge in [0.25, 0.3) is 0 Å². The molecular weight excluding hydrogens is 216 g/mol. The van der Waals surface area contributed by atoms with E-state index in [0.29, 0.717) is 5.56 Å². The molecule has 0 aromatic carbocycles. The van der Waals surface area contributed by atoms with E-state index in [1.807, 2.05) is 6.55 Å². The van der Waals surface area contributed by atoms with Crippen LogP contribution in [0, 0.1) is 0 Å². The van der Waals surface area contributed by atoms with E-state index in [1.165, 1.54) is 6.20 Å². The smallest absolute Gasteiger partial charge is 0.311 e. The lowest BCUT2D eigenvalue weighted by Crippen LogP contribution is -2.25. The van der Waals surface area contributed by atoms with E-state index >= 15 is 0 Å². The molecule has 0 radical (unpaired) electrons. The molecule has 0 amide bonds. The molecule has 1 aromatic rings. The lowest BCUT2D eigenvalue weighted by Gasteiger charge is -2.08. The number of hydrogen-bond acceptors (Lipinski definition) is 3. The number of aromatic nitrogens is 2. The van der Waals surface area contributed by atoms with Gasteiger partial charge in [0.2, 0.25) is 0 Å². The Morgan fingerprint density at radius 1 is 1.60 bits per heavy atom. The monoisotopic (exact) mass is 228 g/mol. The fourth-order valence-electron chi connectivity index (χ4n) is 1.42. The summed E-state index contributed by atoms with van der Waals surface area (Å²) in [6.07, 6.45) is 1.07. The third-order valence-electron chi connectivity index (χ3n) is 2.14. The van der Waals surface area contributed by atoms with Crippen molar-refractivity contribution in [1.29, 1.82) is 0 Å². The van der Waals surface area contributed by atoms with E-state index in [9.17, 15) is 9.59 Å². The van der Waals surface area contributed by atoms with Crippen LogP contribution in [0.15, 0.2) is 6.20 Å². The minimum Gasteiger partial charge on any atom is -0.481 e. The van der Waals surface area contributed by atoms with Crippen molar-refractivity contribution in [1.82, 2.24) is 10.2 Å². The van der Waals surface area contributed by atoms with Crippen LogP contribution in [0.5, 0.6) is 0 Å². The standard InChI is InChI=1S/C8H12N2O4Si/c1-15-7-5(3-9-10-7)4(8(13)14)2-6(11)12/h3-4H,2,15H2,1H3,(H,9,10)(H,11,12)(H,13,14). The molecule has 1 atom stereocenters. The molecule has 0 spiro atoms. The molecule has 1 unspecified atom stereocenters. The van der Waals surface area contributed by atoms with Crippen LogP contribution >= 0.6 is 0 Å². The van der Waals surface area contributed by atoms with Gasteiger partial charge >= 0.3 is 11.9 Å². The van der Waals surface area contributed by atoms with Crippen LogP contribution in [0.25, 0.3) is 0 Å². The second-order valence-corrected chi connectivity index (χ2v) is 4.51. The van der Waals surface area contributed by atoms with Crippen molar-refractivity contribution in [3.05, 3.63) is 11.8 Å². The van der Waals surface area contributed by atoms with E-state index in [2.05, 4.69) is 10.2 Å². The summed E-state index contributed by atoms with van der Waals surface area (Å²) < 4.78 is 0. The molecule has 0 saturated carbocycles. The molecule has 15 heavy (non-hydrogen) atoms. The van der Waals surface area contributed by atoms with Gasteiger partial charge in [0.1, 0.15) is 0 Å². The zero-order valence-electron chi connectivity index (χ0n) is 8.23. The third-order valence-corrected chi connectivity index (χ3v) is 3.38. The van der Waals surface area contributed by atoms with Gasteiger partial charge in [-0.2, -0.15) is 5.10 Å². The molecule has 0 aliphatic heterocycles. The summed E-state index contributed by atoms with van der Waals surface area (Å²) in [5, 5.41) is 24.8. The maximum absolute atomic E-state index is 10.9. The highest BCUT2D eigenvalue weighted by atomic mass is 28.2. The maximum atomic E-state index is 10.9. The highest BCUT2D eigenvalue weighted by Crippen LogP contribution is 2.17. The Kier molecular flexibility index (Phi) is 3.61. The van der Waals surface area contributed by atoms with E-state index in [1.54, 1.807) is 0 Å². The fraction of sp³-hybridized carbons (Fsp3) is 0.375. The number of rotatable bonds is 5. The van der Waals surface area contributed by atoms with Crippen molar-refractivity contribution < 1.29 is 19.8 Å². The summed E-state index contributed by atoms with van der Waals surface area (Å²) in [5.74, 6) is -3.24. The lowest BCUT2D eigenvalue weighted by atomic mass is 9.99. The largest absolute Gasteiger partial charge is 0.481 e. The first-order chi connectivity index (χ1) is 7.06. The SMILES string of the molecule is C[SiH2]c1n[nH]cc1C(CC(=O)O)C(=O)O. The maximum Gasteiger partial charge on any atom is 0.311 e. The van der Waals surface area contributed by atoms with Gasteiger partial charge in [-0.1, -0.05) is 6.55 Å². The van der Waals surface area contributed by atoms with Crippen molar-refractivity contribution in [2.75, 3.05) is 0 Å². The van der Waals surface area contributed by atoms with Crippen LogP contribution in [-0.2, 0) is 9.59 Å². The second-order valence-electron chi connectivity index (χ2n) is 3.13. The Hall–Kier alpha value is -1.63. The minimum absolute atomic E-state index is 0.406. The van der Waals surface area contributed by atoms with Crippen LogP contribution in [0.3, 0.4) is 0 Å². The van der Waals surface area contributed by atoms with Gasteiger partial charge in [-0.15, -0.1) is 0 Å². The van der Waals surface area contributed by atoms with Gasteiger partial charge in [0.05, 0.1) is 21.9 Å². The predicted octanol–water partition coefficient (Wildman–Crippen LogP) is -1.11. The molecule has 6 nitrogen and oxygen atoms in total. The molecule has 0 aliphatic rings. The van der Waals surface area contributed by atoms with Crippen molar-refractivity contribution in [2.45, 2.75) is 18.9 Å². The van der Waals surface area contributed by atoms with Gasteiger partial charge in [-0.05, 0) is 0 Å². The van der Waals surface area contributed by atoms with Crippen molar-refractivity contribution in [3.8, 4) is 0 Å². The average molecular weight is 228 g/mol. The van der Waals surface area contributed by atoms with Crippen LogP contribution in [0.2, 0.25) is 6.55 Å². The Balaban J connectivity index is 2.98. The first-order valence-electron chi connectivity index (χ1n) is 4.53. The molecule has 1 aromatic heterocycles. The number of H-pyrrole nitrogens is 1. The van der Waals surface area contributed by atoms with Crippen LogP contribution in [0.1, 0.15) is 17.9 Å². The second kappa shape index (κ2) is 4.74. The minimum atomic E-state index is -1.12. The summed E-state index contributed by atoms with van der Waals surface area (Å²) in [6.45, 7) is 1.97. The summed E-state index contributed by atoms with van der Waals surface area (Å²) in [7, 11) is -0.603. The zero-order chi connectivity index (χ0) is 11.4. The summed E-state index contributed by atoms with van der Waals surface area (Å²) in [6, 6.07) is 0. The van der Waals surface area contributed by atoms with E-state index in [0.717, 1.165) is 5.32 Å². The Labute approximate surface area is 88.1 Å². The number of carbonyl (C=O) groups is 2. The normalized spacial score (nSPS) is 13.1. The van der Waals surface area contributed by atoms with Gasteiger partial charge in [0, 0.05) is 17.1 Å². The average Bonchev–Trinajstić information content (AvgIpc) is 2.60. The van der Waals surface area contributed by atoms with E-state index in [4.69, 9.17) is 10.2 Å². The number of aromatic amines is 1.